The Hall–Kier alpha value is -1.06. The van der Waals surface area contributed by atoms with E-state index in [0.717, 1.165) is 43.3 Å². The predicted octanol–water partition coefficient (Wildman–Crippen LogP) is 1.86. The highest BCUT2D eigenvalue weighted by atomic mass is 32.2. The zero-order valence-corrected chi connectivity index (χ0v) is 13.7. The highest BCUT2D eigenvalue weighted by Crippen LogP contribution is 2.29. The summed E-state index contributed by atoms with van der Waals surface area (Å²) in [6.45, 7) is 4.14. The van der Waals surface area contributed by atoms with Crippen molar-refractivity contribution in [1.82, 2.24) is 10.6 Å². The summed E-state index contributed by atoms with van der Waals surface area (Å²) in [6, 6.07) is 1.05. The molecule has 1 aromatic rings. The van der Waals surface area contributed by atoms with Gasteiger partial charge in [0, 0.05) is 6.54 Å². The lowest BCUT2D eigenvalue weighted by molar-refractivity contribution is 0.0923. The standard InChI is InChI=1S/C13H18F2N2O3S2/c1-13(3-5-16-6-4-13)8-17-11(18)10-9(2-7-21-10)22(19,20)12(14)15/h2,7,12,16H,3-6,8H2,1H3,(H,17,18). The van der Waals surface area contributed by atoms with E-state index in [9.17, 15) is 22.0 Å². The maximum absolute atomic E-state index is 12.6. The van der Waals surface area contributed by atoms with E-state index in [-0.39, 0.29) is 10.3 Å². The van der Waals surface area contributed by atoms with E-state index in [1.165, 1.54) is 5.38 Å². The number of sulfone groups is 1. The van der Waals surface area contributed by atoms with Crippen molar-refractivity contribution in [1.29, 1.82) is 0 Å². The van der Waals surface area contributed by atoms with Crippen LogP contribution in [0.4, 0.5) is 8.78 Å². The number of thiophene rings is 1. The van der Waals surface area contributed by atoms with Gasteiger partial charge in [0.25, 0.3) is 5.91 Å². The zero-order valence-electron chi connectivity index (χ0n) is 12.1. The minimum Gasteiger partial charge on any atom is -0.351 e. The number of nitrogens with one attached hydrogen (secondary N) is 2. The Morgan fingerprint density at radius 3 is 2.68 bits per heavy atom. The summed E-state index contributed by atoms with van der Waals surface area (Å²) in [5, 5.41) is 7.23. The number of halogens is 2. The van der Waals surface area contributed by atoms with Crippen molar-refractivity contribution in [3.05, 3.63) is 16.3 Å². The average molecular weight is 352 g/mol. The first-order chi connectivity index (χ1) is 10.3. The van der Waals surface area contributed by atoms with Gasteiger partial charge in [-0.15, -0.1) is 11.3 Å². The lowest BCUT2D eigenvalue weighted by Gasteiger charge is -2.34. The van der Waals surface area contributed by atoms with Crippen molar-refractivity contribution in [3.8, 4) is 0 Å². The molecule has 1 fully saturated rings. The molecule has 1 aliphatic heterocycles. The molecule has 1 aromatic heterocycles. The van der Waals surface area contributed by atoms with Crippen LogP contribution in [0.3, 0.4) is 0 Å². The number of amides is 1. The van der Waals surface area contributed by atoms with Gasteiger partial charge in [-0.2, -0.15) is 8.78 Å². The van der Waals surface area contributed by atoms with Crippen molar-refractivity contribution in [2.45, 2.75) is 30.4 Å². The Labute approximate surface area is 132 Å². The number of piperidine rings is 1. The van der Waals surface area contributed by atoms with Crippen LogP contribution < -0.4 is 10.6 Å². The van der Waals surface area contributed by atoms with Crippen LogP contribution in [0, 0.1) is 5.41 Å². The third-order valence-corrected chi connectivity index (χ3v) is 6.33. The van der Waals surface area contributed by atoms with Crippen molar-refractivity contribution >= 4 is 27.1 Å². The molecule has 0 radical (unpaired) electrons. The first-order valence-corrected chi connectivity index (χ1v) is 9.27. The smallest absolute Gasteiger partial charge is 0.341 e. The van der Waals surface area contributed by atoms with Crippen LogP contribution in [0.15, 0.2) is 16.3 Å². The molecule has 2 rings (SSSR count). The summed E-state index contributed by atoms with van der Waals surface area (Å²) in [5.74, 6) is -4.15. The van der Waals surface area contributed by atoms with Crippen LogP contribution in [0.2, 0.25) is 0 Å². The molecule has 0 aliphatic carbocycles. The van der Waals surface area contributed by atoms with Gasteiger partial charge in [-0.3, -0.25) is 4.79 Å². The second kappa shape index (κ2) is 6.59. The maximum atomic E-state index is 12.6. The van der Waals surface area contributed by atoms with E-state index in [2.05, 4.69) is 10.6 Å². The fraction of sp³-hybridized carbons (Fsp3) is 0.615. The van der Waals surface area contributed by atoms with Gasteiger partial charge in [0.1, 0.15) is 4.88 Å². The molecule has 124 valence electrons. The third kappa shape index (κ3) is 3.64. The van der Waals surface area contributed by atoms with Crippen LogP contribution in [-0.4, -0.2) is 39.7 Å². The fourth-order valence-electron chi connectivity index (χ4n) is 2.36. The highest BCUT2D eigenvalue weighted by molar-refractivity contribution is 7.92. The number of alkyl halides is 2. The molecule has 0 aromatic carbocycles. The summed E-state index contributed by atoms with van der Waals surface area (Å²) < 4.78 is 48.4. The average Bonchev–Trinajstić information content (AvgIpc) is 2.95. The van der Waals surface area contributed by atoms with Crippen LogP contribution in [0.1, 0.15) is 29.4 Å². The fourth-order valence-corrected chi connectivity index (χ4v) is 4.45. The summed E-state index contributed by atoms with van der Waals surface area (Å²) in [6.07, 6.45) is 1.78. The van der Waals surface area contributed by atoms with Gasteiger partial charge >= 0.3 is 5.76 Å². The molecule has 1 amide bonds. The van der Waals surface area contributed by atoms with Crippen molar-refractivity contribution in [2.75, 3.05) is 19.6 Å². The monoisotopic (exact) mass is 352 g/mol. The van der Waals surface area contributed by atoms with Gasteiger partial charge in [-0.25, -0.2) is 8.42 Å². The lowest BCUT2D eigenvalue weighted by Crippen LogP contribution is -2.43. The number of carbonyl (C=O) groups is 1. The maximum Gasteiger partial charge on any atom is 0.341 e. The van der Waals surface area contributed by atoms with Gasteiger partial charge in [0.15, 0.2) is 0 Å². The predicted molar refractivity (Wildman–Crippen MR) is 80.1 cm³/mol. The Bertz CT molecular complexity index is 637. The first-order valence-electron chi connectivity index (χ1n) is 6.85. The summed E-state index contributed by atoms with van der Waals surface area (Å²) in [4.78, 5) is 11.4. The Morgan fingerprint density at radius 1 is 1.45 bits per heavy atom. The van der Waals surface area contributed by atoms with Gasteiger partial charge in [-0.05, 0) is 42.8 Å². The SMILES string of the molecule is CC1(CNC(=O)c2sccc2S(=O)(=O)C(F)F)CCNCC1. The molecule has 1 aliphatic rings. The topological polar surface area (TPSA) is 75.3 Å². The molecule has 9 heteroatoms. The molecule has 0 atom stereocenters. The number of hydrogen-bond donors (Lipinski definition) is 2. The molecular formula is C13H18F2N2O3S2. The molecule has 0 spiro atoms. The van der Waals surface area contributed by atoms with Gasteiger partial charge in [-0.1, -0.05) is 6.92 Å². The summed E-state index contributed by atoms with van der Waals surface area (Å²) >= 11 is 0.851. The highest BCUT2D eigenvalue weighted by Gasteiger charge is 2.33. The van der Waals surface area contributed by atoms with Gasteiger partial charge in [0.2, 0.25) is 9.84 Å². The molecule has 5 nitrogen and oxygen atoms in total. The quantitative estimate of drug-likeness (QED) is 0.848. The van der Waals surface area contributed by atoms with Gasteiger partial charge < -0.3 is 10.6 Å². The molecule has 0 saturated carbocycles. The Kier molecular flexibility index (Phi) is 5.18. The Morgan fingerprint density at radius 2 is 2.09 bits per heavy atom. The first kappa shape index (κ1) is 17.3. The lowest BCUT2D eigenvalue weighted by atomic mass is 9.81. The van der Waals surface area contributed by atoms with E-state index in [1.54, 1.807) is 0 Å². The Balaban J connectivity index is 2.10. The summed E-state index contributed by atoms with van der Waals surface area (Å²) in [5.41, 5.74) is -0.0695. The van der Waals surface area contributed by atoms with E-state index in [1.807, 2.05) is 6.92 Å². The number of carbonyl (C=O) groups excluding carboxylic acids is 1. The van der Waals surface area contributed by atoms with Crippen LogP contribution in [0.25, 0.3) is 0 Å². The molecule has 0 bridgehead atoms. The molecule has 2 heterocycles. The van der Waals surface area contributed by atoms with E-state index in [0.29, 0.717) is 6.54 Å². The van der Waals surface area contributed by atoms with Crippen molar-refractivity contribution < 1.29 is 22.0 Å². The molecule has 22 heavy (non-hydrogen) atoms. The number of rotatable bonds is 5. The van der Waals surface area contributed by atoms with E-state index >= 15 is 0 Å². The summed E-state index contributed by atoms with van der Waals surface area (Å²) in [7, 11) is -4.76. The van der Waals surface area contributed by atoms with Crippen molar-refractivity contribution in [3.63, 3.8) is 0 Å². The largest absolute Gasteiger partial charge is 0.351 e. The zero-order chi connectivity index (χ0) is 16.4. The minimum atomic E-state index is -4.76. The van der Waals surface area contributed by atoms with Crippen LogP contribution >= 0.6 is 11.3 Å². The minimum absolute atomic E-state index is 0.0695. The third-order valence-electron chi connectivity index (χ3n) is 3.86. The van der Waals surface area contributed by atoms with E-state index in [4.69, 9.17) is 0 Å². The molecule has 0 unspecified atom stereocenters. The molecule has 2 N–H and O–H groups in total. The van der Waals surface area contributed by atoms with Crippen LogP contribution in [0.5, 0.6) is 0 Å². The van der Waals surface area contributed by atoms with Crippen molar-refractivity contribution in [2.24, 2.45) is 5.41 Å². The number of hydrogen-bond acceptors (Lipinski definition) is 5. The second-order valence-corrected chi connectivity index (χ2v) is 8.47. The van der Waals surface area contributed by atoms with Gasteiger partial charge in [0.05, 0.1) is 4.90 Å². The second-order valence-electron chi connectivity index (χ2n) is 5.66. The van der Waals surface area contributed by atoms with Crippen LogP contribution in [-0.2, 0) is 9.84 Å². The molecule has 1 saturated heterocycles. The normalized spacial score (nSPS) is 18.4. The molecular weight excluding hydrogens is 334 g/mol. The van der Waals surface area contributed by atoms with E-state index < -0.39 is 26.4 Å².